The van der Waals surface area contributed by atoms with Crippen LogP contribution in [0.1, 0.15) is 49.7 Å². The Hall–Kier alpha value is -1.77. The monoisotopic (exact) mass is 432 g/mol. The molecule has 1 unspecified atom stereocenters. The van der Waals surface area contributed by atoms with Crippen LogP contribution in [0.3, 0.4) is 0 Å². The number of carbonyl (C=O) groups is 1. The highest BCUT2D eigenvalue weighted by Crippen LogP contribution is 2.33. The van der Waals surface area contributed by atoms with Crippen molar-refractivity contribution in [3.63, 3.8) is 0 Å². The molecule has 1 saturated carbocycles. The van der Waals surface area contributed by atoms with E-state index in [1.165, 1.54) is 19.1 Å². The first-order chi connectivity index (χ1) is 13.6. The van der Waals surface area contributed by atoms with Crippen molar-refractivity contribution in [1.82, 2.24) is 4.90 Å². The fourth-order valence-corrected chi connectivity index (χ4v) is 6.08. The van der Waals surface area contributed by atoms with E-state index in [0.717, 1.165) is 38.2 Å². The van der Waals surface area contributed by atoms with Gasteiger partial charge in [0.25, 0.3) is 0 Å². The summed E-state index contributed by atoms with van der Waals surface area (Å²) >= 11 is 0. The van der Waals surface area contributed by atoms with Crippen molar-refractivity contribution in [2.75, 3.05) is 23.4 Å². The van der Waals surface area contributed by atoms with Crippen molar-refractivity contribution < 1.29 is 26.4 Å². The molecule has 0 radical (unpaired) electrons. The van der Waals surface area contributed by atoms with Crippen molar-refractivity contribution in [2.45, 2.75) is 63.7 Å². The van der Waals surface area contributed by atoms with Crippen molar-refractivity contribution in [3.05, 3.63) is 29.3 Å². The number of amides is 1. The predicted octanol–water partition coefficient (Wildman–Crippen LogP) is 3.77. The van der Waals surface area contributed by atoms with Gasteiger partial charge in [0, 0.05) is 17.8 Å². The van der Waals surface area contributed by atoms with E-state index in [-0.39, 0.29) is 47.3 Å². The van der Waals surface area contributed by atoms with Crippen LogP contribution in [0, 0.1) is 6.92 Å². The Morgan fingerprint density at radius 1 is 1.14 bits per heavy atom. The van der Waals surface area contributed by atoms with E-state index in [1.807, 2.05) is 0 Å². The molecule has 1 aliphatic carbocycles. The van der Waals surface area contributed by atoms with Crippen LogP contribution in [0.2, 0.25) is 0 Å². The van der Waals surface area contributed by atoms with Crippen LogP contribution in [0.5, 0.6) is 0 Å². The lowest BCUT2D eigenvalue weighted by Gasteiger charge is -2.38. The number of carbonyl (C=O) groups excluding carboxylic acids is 1. The summed E-state index contributed by atoms with van der Waals surface area (Å²) < 4.78 is 63.2. The standard InChI is InChI=1S/C20H27F3N2O3S/c1-14-7-8-15(11-18(14)20(21,22)23)24-12-19(26)25(16-5-3-2-4-6-16)17-9-10-29(27,28)13-17/h7-8,11,16-17,24H,2-6,9-10,12-13H2,1H3. The maximum atomic E-state index is 13.1. The number of hydrogen-bond acceptors (Lipinski definition) is 4. The highest BCUT2D eigenvalue weighted by Gasteiger charge is 2.38. The quantitative estimate of drug-likeness (QED) is 0.769. The molecule has 1 amide bonds. The lowest BCUT2D eigenvalue weighted by molar-refractivity contribution is -0.138. The zero-order valence-electron chi connectivity index (χ0n) is 16.5. The molecule has 5 nitrogen and oxygen atoms in total. The summed E-state index contributed by atoms with van der Waals surface area (Å²) in [5, 5.41) is 2.81. The third kappa shape index (κ3) is 5.43. The Balaban J connectivity index is 1.73. The van der Waals surface area contributed by atoms with Crippen LogP contribution in [-0.4, -0.2) is 49.4 Å². The Morgan fingerprint density at radius 2 is 1.83 bits per heavy atom. The molecule has 162 valence electrons. The van der Waals surface area contributed by atoms with Gasteiger partial charge >= 0.3 is 6.18 Å². The summed E-state index contributed by atoms with van der Waals surface area (Å²) in [6.07, 6.45) is 0.730. The lowest BCUT2D eigenvalue weighted by atomic mass is 9.93. The third-order valence-corrected chi connectivity index (χ3v) is 7.59. The van der Waals surface area contributed by atoms with E-state index in [0.29, 0.717) is 6.42 Å². The zero-order valence-corrected chi connectivity index (χ0v) is 17.3. The molecule has 1 saturated heterocycles. The van der Waals surface area contributed by atoms with E-state index in [9.17, 15) is 26.4 Å². The van der Waals surface area contributed by atoms with E-state index < -0.39 is 21.6 Å². The van der Waals surface area contributed by atoms with Gasteiger partial charge in [-0.1, -0.05) is 25.3 Å². The van der Waals surface area contributed by atoms with Gasteiger partial charge in [-0.05, 0) is 43.9 Å². The minimum Gasteiger partial charge on any atom is -0.376 e. The fourth-order valence-electron chi connectivity index (χ4n) is 4.37. The summed E-state index contributed by atoms with van der Waals surface area (Å²) in [5.74, 6) is -0.208. The smallest absolute Gasteiger partial charge is 0.376 e. The van der Waals surface area contributed by atoms with E-state index >= 15 is 0 Å². The molecule has 1 heterocycles. The van der Waals surface area contributed by atoms with Crippen LogP contribution in [0.4, 0.5) is 18.9 Å². The number of anilines is 1. The maximum absolute atomic E-state index is 13.1. The van der Waals surface area contributed by atoms with Gasteiger partial charge in [0.15, 0.2) is 9.84 Å². The molecule has 3 rings (SSSR count). The Labute approximate surface area is 169 Å². The van der Waals surface area contributed by atoms with Crippen LogP contribution in [0.25, 0.3) is 0 Å². The number of rotatable bonds is 5. The van der Waals surface area contributed by atoms with Gasteiger partial charge in [-0.3, -0.25) is 4.79 Å². The van der Waals surface area contributed by atoms with E-state index in [2.05, 4.69) is 5.32 Å². The average Bonchev–Trinajstić information content (AvgIpc) is 3.00. The molecule has 2 aliphatic rings. The van der Waals surface area contributed by atoms with Crippen molar-refractivity contribution in [3.8, 4) is 0 Å². The second-order valence-electron chi connectivity index (χ2n) is 8.03. The highest BCUT2D eigenvalue weighted by atomic mass is 32.2. The zero-order chi connectivity index (χ0) is 21.2. The van der Waals surface area contributed by atoms with Gasteiger partial charge in [0.2, 0.25) is 5.91 Å². The van der Waals surface area contributed by atoms with Gasteiger partial charge in [0.05, 0.1) is 23.6 Å². The second kappa shape index (κ2) is 8.53. The van der Waals surface area contributed by atoms with E-state index in [4.69, 9.17) is 0 Å². The number of sulfone groups is 1. The van der Waals surface area contributed by atoms with Crippen molar-refractivity contribution in [1.29, 1.82) is 0 Å². The number of alkyl halides is 3. The summed E-state index contributed by atoms with van der Waals surface area (Å²) in [5.41, 5.74) is -0.394. The van der Waals surface area contributed by atoms with Gasteiger partial charge in [-0.25, -0.2) is 8.42 Å². The molecule has 9 heteroatoms. The molecular formula is C20H27F3N2O3S. The summed E-state index contributed by atoms with van der Waals surface area (Å²) in [7, 11) is -3.15. The number of halogens is 3. The van der Waals surface area contributed by atoms with Gasteiger partial charge < -0.3 is 10.2 Å². The molecule has 29 heavy (non-hydrogen) atoms. The SMILES string of the molecule is Cc1ccc(NCC(=O)N(C2CCCCC2)C2CCS(=O)(=O)C2)cc1C(F)(F)F. The Morgan fingerprint density at radius 3 is 2.41 bits per heavy atom. The number of benzene rings is 1. The summed E-state index contributed by atoms with van der Waals surface area (Å²) in [6, 6.07) is 3.55. The third-order valence-electron chi connectivity index (χ3n) is 5.84. The maximum Gasteiger partial charge on any atom is 0.416 e. The minimum absolute atomic E-state index is 0.0000962. The first-order valence-corrected chi connectivity index (χ1v) is 11.8. The summed E-state index contributed by atoms with van der Waals surface area (Å²) in [4.78, 5) is 14.7. The topological polar surface area (TPSA) is 66.5 Å². The molecule has 1 aromatic carbocycles. The lowest BCUT2D eigenvalue weighted by Crippen LogP contribution is -2.50. The first kappa shape index (κ1) is 21.9. The molecule has 0 bridgehead atoms. The summed E-state index contributed by atoms with van der Waals surface area (Å²) in [6.45, 7) is 1.23. The van der Waals surface area contributed by atoms with Crippen molar-refractivity contribution in [2.24, 2.45) is 0 Å². The molecule has 2 fully saturated rings. The van der Waals surface area contributed by atoms with Crippen LogP contribution >= 0.6 is 0 Å². The van der Waals surface area contributed by atoms with Crippen LogP contribution in [0.15, 0.2) is 18.2 Å². The minimum atomic E-state index is -4.46. The molecular weight excluding hydrogens is 405 g/mol. The molecule has 1 N–H and O–H groups in total. The number of aryl methyl sites for hydroxylation is 1. The molecule has 0 spiro atoms. The van der Waals surface area contributed by atoms with Gasteiger partial charge in [-0.2, -0.15) is 13.2 Å². The number of hydrogen-bond donors (Lipinski definition) is 1. The van der Waals surface area contributed by atoms with Gasteiger partial charge in [0.1, 0.15) is 0 Å². The normalized spacial score (nSPS) is 22.4. The Bertz CT molecular complexity index is 849. The van der Waals surface area contributed by atoms with E-state index in [1.54, 1.807) is 4.90 Å². The molecule has 0 aromatic heterocycles. The highest BCUT2D eigenvalue weighted by molar-refractivity contribution is 7.91. The molecule has 1 aromatic rings. The average molecular weight is 433 g/mol. The Kier molecular flexibility index (Phi) is 6.45. The second-order valence-corrected chi connectivity index (χ2v) is 10.3. The number of nitrogens with one attached hydrogen (secondary N) is 1. The largest absolute Gasteiger partial charge is 0.416 e. The van der Waals surface area contributed by atoms with Crippen molar-refractivity contribution >= 4 is 21.4 Å². The predicted molar refractivity (Wildman–Crippen MR) is 105 cm³/mol. The molecule has 1 aliphatic heterocycles. The first-order valence-electron chi connectivity index (χ1n) is 10.00. The van der Waals surface area contributed by atoms with Crippen LogP contribution in [-0.2, 0) is 20.8 Å². The van der Waals surface area contributed by atoms with Gasteiger partial charge in [-0.15, -0.1) is 0 Å². The fraction of sp³-hybridized carbons (Fsp3) is 0.650. The number of nitrogens with zero attached hydrogens (tertiary/aromatic N) is 1. The van der Waals surface area contributed by atoms with Crippen LogP contribution < -0.4 is 5.32 Å². The molecule has 1 atom stereocenters.